The van der Waals surface area contributed by atoms with Crippen molar-refractivity contribution in [2.45, 2.75) is 24.8 Å². The molecule has 2 atom stereocenters. The number of fused-ring (bicyclic) bond motifs is 1. The summed E-state index contributed by atoms with van der Waals surface area (Å²) in [5.74, 6) is 2.33. The summed E-state index contributed by atoms with van der Waals surface area (Å²) < 4.78 is 12.7. The standard InChI is InChI=1S/C20H18N4O3/c1-26-14-5-2-4-12(8-14)19-18-15(23-20-21-11-22-24(19)20)9-13(10-16(18)25)17-6-3-7-27-17/h2-8,11,13,19H,9-10H2,1H3,(H,21,22,23)/t13-,19+/m0/s1. The molecule has 27 heavy (non-hydrogen) atoms. The van der Waals surface area contributed by atoms with Crippen LogP contribution in [0.3, 0.4) is 0 Å². The van der Waals surface area contributed by atoms with Crippen LogP contribution < -0.4 is 10.1 Å². The van der Waals surface area contributed by atoms with E-state index < -0.39 is 0 Å². The molecule has 0 spiro atoms. The monoisotopic (exact) mass is 362 g/mol. The van der Waals surface area contributed by atoms with Crippen molar-refractivity contribution in [3.63, 3.8) is 0 Å². The van der Waals surface area contributed by atoms with Gasteiger partial charge in [0.05, 0.1) is 13.4 Å². The molecule has 0 amide bonds. The Morgan fingerprint density at radius 3 is 3.00 bits per heavy atom. The number of rotatable bonds is 3. The summed E-state index contributed by atoms with van der Waals surface area (Å²) in [4.78, 5) is 17.5. The van der Waals surface area contributed by atoms with Gasteiger partial charge in [-0.1, -0.05) is 12.1 Å². The highest BCUT2D eigenvalue weighted by Gasteiger charge is 2.39. The summed E-state index contributed by atoms with van der Waals surface area (Å²) >= 11 is 0. The van der Waals surface area contributed by atoms with E-state index in [0.717, 1.165) is 28.3 Å². The second-order valence-electron chi connectivity index (χ2n) is 6.77. The van der Waals surface area contributed by atoms with E-state index in [9.17, 15) is 4.79 Å². The quantitative estimate of drug-likeness (QED) is 0.770. The van der Waals surface area contributed by atoms with Crippen molar-refractivity contribution in [1.82, 2.24) is 14.8 Å². The van der Waals surface area contributed by atoms with E-state index in [1.54, 1.807) is 18.1 Å². The van der Waals surface area contributed by atoms with Gasteiger partial charge in [-0.15, -0.1) is 0 Å². The van der Waals surface area contributed by atoms with Crippen LogP contribution in [-0.2, 0) is 4.79 Å². The van der Waals surface area contributed by atoms with Gasteiger partial charge < -0.3 is 14.5 Å². The van der Waals surface area contributed by atoms with Gasteiger partial charge in [0.25, 0.3) is 0 Å². The van der Waals surface area contributed by atoms with Crippen molar-refractivity contribution in [2.24, 2.45) is 0 Å². The number of ketones is 1. The Balaban J connectivity index is 1.62. The third-order valence-corrected chi connectivity index (χ3v) is 5.22. The van der Waals surface area contributed by atoms with Gasteiger partial charge in [-0.25, -0.2) is 4.68 Å². The molecule has 0 saturated heterocycles. The minimum absolute atomic E-state index is 0.0270. The maximum Gasteiger partial charge on any atom is 0.226 e. The largest absolute Gasteiger partial charge is 0.497 e. The number of nitrogens with one attached hydrogen (secondary N) is 1. The fourth-order valence-corrected chi connectivity index (χ4v) is 4.00. The van der Waals surface area contributed by atoms with Gasteiger partial charge in [-0.05, 0) is 36.2 Å². The molecule has 5 rings (SSSR count). The third-order valence-electron chi connectivity index (χ3n) is 5.22. The summed E-state index contributed by atoms with van der Waals surface area (Å²) in [5.41, 5.74) is 2.57. The van der Waals surface area contributed by atoms with Crippen LogP contribution in [0.25, 0.3) is 0 Å². The molecule has 7 nitrogen and oxygen atoms in total. The van der Waals surface area contributed by atoms with Gasteiger partial charge in [0.2, 0.25) is 5.95 Å². The maximum atomic E-state index is 13.2. The molecule has 0 fully saturated rings. The molecule has 1 aliphatic heterocycles. The Morgan fingerprint density at radius 1 is 1.26 bits per heavy atom. The first-order valence-electron chi connectivity index (χ1n) is 8.84. The minimum atomic E-state index is -0.320. The van der Waals surface area contributed by atoms with E-state index in [1.165, 1.54) is 6.33 Å². The number of nitrogens with zero attached hydrogens (tertiary/aromatic N) is 3. The van der Waals surface area contributed by atoms with E-state index in [1.807, 2.05) is 36.4 Å². The summed E-state index contributed by atoms with van der Waals surface area (Å²) in [7, 11) is 1.63. The van der Waals surface area contributed by atoms with E-state index >= 15 is 0 Å². The van der Waals surface area contributed by atoms with Gasteiger partial charge in [0.1, 0.15) is 23.9 Å². The van der Waals surface area contributed by atoms with Crippen LogP contribution in [0.2, 0.25) is 0 Å². The number of hydrogen-bond acceptors (Lipinski definition) is 6. The van der Waals surface area contributed by atoms with Crippen LogP contribution in [0.4, 0.5) is 5.95 Å². The van der Waals surface area contributed by atoms with E-state index in [2.05, 4.69) is 15.4 Å². The van der Waals surface area contributed by atoms with Gasteiger partial charge in [0.15, 0.2) is 5.78 Å². The summed E-state index contributed by atoms with van der Waals surface area (Å²) in [5, 5.41) is 7.67. The van der Waals surface area contributed by atoms with Gasteiger partial charge in [-0.2, -0.15) is 10.1 Å². The average Bonchev–Trinajstić information content (AvgIpc) is 3.38. The number of hydrogen-bond donors (Lipinski definition) is 1. The van der Waals surface area contributed by atoms with E-state index in [4.69, 9.17) is 9.15 Å². The number of ether oxygens (including phenoxy) is 1. The highest BCUT2D eigenvalue weighted by Crippen LogP contribution is 2.44. The zero-order valence-electron chi connectivity index (χ0n) is 14.8. The molecule has 7 heteroatoms. The molecular weight excluding hydrogens is 344 g/mol. The Bertz CT molecular complexity index is 1040. The van der Waals surface area contributed by atoms with Crippen LogP contribution in [0.1, 0.15) is 36.1 Å². The van der Waals surface area contributed by atoms with Crippen molar-refractivity contribution in [3.8, 4) is 5.75 Å². The first kappa shape index (κ1) is 15.9. The number of benzene rings is 1. The zero-order chi connectivity index (χ0) is 18.4. The molecular formula is C20H18N4O3. The Hall–Kier alpha value is -3.35. The minimum Gasteiger partial charge on any atom is -0.497 e. The normalized spacial score (nSPS) is 21.4. The van der Waals surface area contributed by atoms with E-state index in [0.29, 0.717) is 18.8 Å². The number of allylic oxidation sites excluding steroid dienone is 2. The van der Waals surface area contributed by atoms with Crippen molar-refractivity contribution < 1.29 is 13.9 Å². The van der Waals surface area contributed by atoms with Crippen LogP contribution in [-0.4, -0.2) is 27.7 Å². The van der Waals surface area contributed by atoms with Crippen molar-refractivity contribution in [2.75, 3.05) is 12.4 Å². The molecule has 0 bridgehead atoms. The van der Waals surface area contributed by atoms with Crippen LogP contribution in [0.5, 0.6) is 5.75 Å². The predicted molar refractivity (Wildman–Crippen MR) is 97.5 cm³/mol. The molecule has 2 aromatic heterocycles. The predicted octanol–water partition coefficient (Wildman–Crippen LogP) is 3.30. The van der Waals surface area contributed by atoms with Crippen molar-refractivity contribution in [3.05, 3.63) is 71.6 Å². The summed E-state index contributed by atoms with van der Waals surface area (Å²) in [6.07, 6.45) is 4.26. The summed E-state index contributed by atoms with van der Waals surface area (Å²) in [6, 6.07) is 11.2. The smallest absolute Gasteiger partial charge is 0.226 e. The highest BCUT2D eigenvalue weighted by atomic mass is 16.5. The Labute approximate surface area is 155 Å². The topological polar surface area (TPSA) is 82.2 Å². The van der Waals surface area contributed by atoms with Crippen molar-refractivity contribution >= 4 is 11.7 Å². The van der Waals surface area contributed by atoms with Crippen molar-refractivity contribution in [1.29, 1.82) is 0 Å². The average molecular weight is 362 g/mol. The SMILES string of the molecule is COc1cccc([C@@H]2C3=C(C[C@H](c4ccco4)CC3=O)Nc3ncnn32)c1. The first-order valence-corrected chi connectivity index (χ1v) is 8.84. The number of carbonyl (C=O) groups is 1. The van der Waals surface area contributed by atoms with Crippen LogP contribution in [0.15, 0.2) is 64.7 Å². The van der Waals surface area contributed by atoms with Crippen LogP contribution in [0, 0.1) is 0 Å². The lowest BCUT2D eigenvalue weighted by molar-refractivity contribution is -0.117. The van der Waals surface area contributed by atoms with Gasteiger partial charge in [0, 0.05) is 23.6 Å². The number of furan rings is 1. The number of anilines is 1. The lowest BCUT2D eigenvalue weighted by Crippen LogP contribution is -2.33. The van der Waals surface area contributed by atoms with E-state index in [-0.39, 0.29) is 17.7 Å². The third kappa shape index (κ3) is 2.54. The molecule has 3 aromatic rings. The highest BCUT2D eigenvalue weighted by molar-refractivity contribution is 6.00. The first-order chi connectivity index (χ1) is 13.2. The lowest BCUT2D eigenvalue weighted by Gasteiger charge is -2.34. The number of carbonyl (C=O) groups excluding carboxylic acids is 1. The molecule has 2 aliphatic rings. The van der Waals surface area contributed by atoms with Crippen LogP contribution >= 0.6 is 0 Å². The molecule has 1 aliphatic carbocycles. The summed E-state index contributed by atoms with van der Waals surface area (Å²) in [6.45, 7) is 0. The molecule has 3 heterocycles. The molecule has 0 unspecified atom stereocenters. The molecule has 136 valence electrons. The zero-order valence-corrected chi connectivity index (χ0v) is 14.8. The van der Waals surface area contributed by atoms with Gasteiger partial charge >= 0.3 is 0 Å². The fraction of sp³-hybridized carbons (Fsp3) is 0.250. The fourth-order valence-electron chi connectivity index (χ4n) is 4.00. The Morgan fingerprint density at radius 2 is 2.19 bits per heavy atom. The number of Topliss-reactive ketones (excluding diaryl/α,β-unsaturated/α-hetero) is 1. The lowest BCUT2D eigenvalue weighted by atomic mass is 9.79. The second kappa shape index (κ2) is 6.12. The number of methoxy groups -OCH3 is 1. The molecule has 1 N–H and O–H groups in total. The Kier molecular flexibility index (Phi) is 3.60. The maximum absolute atomic E-state index is 13.2. The number of aromatic nitrogens is 3. The molecule has 0 radical (unpaired) electrons. The second-order valence-corrected chi connectivity index (χ2v) is 6.77. The molecule has 0 saturated carbocycles. The molecule has 1 aromatic carbocycles. The van der Waals surface area contributed by atoms with Gasteiger partial charge in [-0.3, -0.25) is 4.79 Å².